The lowest BCUT2D eigenvalue weighted by Gasteiger charge is -2.13. The van der Waals surface area contributed by atoms with E-state index in [0.717, 1.165) is 17.0 Å². The van der Waals surface area contributed by atoms with Crippen molar-refractivity contribution in [1.82, 2.24) is 20.5 Å². The summed E-state index contributed by atoms with van der Waals surface area (Å²) in [4.78, 5) is 8.45. The van der Waals surface area contributed by atoms with Gasteiger partial charge in [-0.05, 0) is 18.6 Å². The molecule has 7 heteroatoms. The van der Waals surface area contributed by atoms with Crippen LogP contribution in [0.3, 0.4) is 0 Å². The number of hydrogen-bond donors (Lipinski definition) is 3. The normalized spacial score (nSPS) is 13.1. The number of aromatic amines is 1. The number of benzene rings is 1. The first-order valence-corrected chi connectivity index (χ1v) is 6.69. The average Bonchev–Trinajstić information content (AvgIpc) is 3.00. The van der Waals surface area contributed by atoms with Crippen molar-refractivity contribution < 1.29 is 4.74 Å². The fraction of sp³-hybridized carbons (Fsp3) is 0.357. The van der Waals surface area contributed by atoms with Crippen molar-refractivity contribution in [1.29, 1.82) is 0 Å². The van der Waals surface area contributed by atoms with Gasteiger partial charge in [-0.2, -0.15) is 5.10 Å². The SMILES string of the molecule is COCC(C)NC(N)=NCc1cccc(-c2ncn[nH]2)c1. The van der Waals surface area contributed by atoms with Crippen LogP contribution in [0.25, 0.3) is 11.4 Å². The van der Waals surface area contributed by atoms with Crippen LogP contribution < -0.4 is 11.1 Å². The molecule has 2 rings (SSSR count). The quantitative estimate of drug-likeness (QED) is 0.542. The first-order valence-electron chi connectivity index (χ1n) is 6.69. The van der Waals surface area contributed by atoms with Crippen molar-refractivity contribution in [2.45, 2.75) is 19.5 Å². The number of methoxy groups -OCH3 is 1. The highest BCUT2D eigenvalue weighted by Gasteiger charge is 2.03. The van der Waals surface area contributed by atoms with E-state index in [0.29, 0.717) is 19.1 Å². The van der Waals surface area contributed by atoms with Gasteiger partial charge in [0.25, 0.3) is 0 Å². The van der Waals surface area contributed by atoms with Crippen LogP contribution in [0.1, 0.15) is 12.5 Å². The molecule has 0 aliphatic carbocycles. The Morgan fingerprint density at radius 2 is 2.38 bits per heavy atom. The summed E-state index contributed by atoms with van der Waals surface area (Å²) in [6.07, 6.45) is 1.49. The van der Waals surface area contributed by atoms with Crippen molar-refractivity contribution in [2.24, 2.45) is 10.7 Å². The molecule has 1 atom stereocenters. The summed E-state index contributed by atoms with van der Waals surface area (Å²) in [5.41, 5.74) is 7.86. The molecule has 0 saturated carbocycles. The molecule has 2 aromatic rings. The number of aliphatic imine (C=N–C) groups is 1. The van der Waals surface area contributed by atoms with Crippen molar-refractivity contribution in [3.05, 3.63) is 36.2 Å². The number of guanidine groups is 1. The van der Waals surface area contributed by atoms with E-state index in [-0.39, 0.29) is 6.04 Å². The Kier molecular flexibility index (Phi) is 5.28. The zero-order chi connectivity index (χ0) is 15.1. The third-order valence-corrected chi connectivity index (χ3v) is 2.86. The zero-order valence-corrected chi connectivity index (χ0v) is 12.2. The Bertz CT molecular complexity index is 581. The zero-order valence-electron chi connectivity index (χ0n) is 12.2. The number of nitrogens with one attached hydrogen (secondary N) is 2. The molecule has 1 aromatic carbocycles. The van der Waals surface area contributed by atoms with Crippen LogP contribution in [0, 0.1) is 0 Å². The van der Waals surface area contributed by atoms with Crippen LogP contribution in [0.15, 0.2) is 35.6 Å². The van der Waals surface area contributed by atoms with Gasteiger partial charge < -0.3 is 15.8 Å². The van der Waals surface area contributed by atoms with Gasteiger partial charge in [-0.1, -0.05) is 18.2 Å². The van der Waals surface area contributed by atoms with Gasteiger partial charge >= 0.3 is 0 Å². The molecule has 1 aromatic heterocycles. The lowest BCUT2D eigenvalue weighted by atomic mass is 10.1. The molecule has 0 radical (unpaired) electrons. The smallest absolute Gasteiger partial charge is 0.189 e. The van der Waals surface area contributed by atoms with E-state index in [1.807, 2.05) is 31.2 Å². The fourth-order valence-corrected chi connectivity index (χ4v) is 1.93. The summed E-state index contributed by atoms with van der Waals surface area (Å²) in [6, 6.07) is 8.06. The molecule has 1 unspecified atom stereocenters. The summed E-state index contributed by atoms with van der Waals surface area (Å²) in [7, 11) is 1.65. The monoisotopic (exact) mass is 288 g/mol. The van der Waals surface area contributed by atoms with Gasteiger partial charge in [0.1, 0.15) is 6.33 Å². The maximum Gasteiger partial charge on any atom is 0.189 e. The molecule has 0 bridgehead atoms. The lowest BCUT2D eigenvalue weighted by Crippen LogP contribution is -2.40. The molecule has 1 heterocycles. The molecule has 7 nitrogen and oxygen atoms in total. The van der Waals surface area contributed by atoms with Crippen molar-refractivity contribution in [3.8, 4) is 11.4 Å². The maximum absolute atomic E-state index is 5.84. The van der Waals surface area contributed by atoms with Gasteiger partial charge in [-0.15, -0.1) is 0 Å². The molecule has 0 aliphatic heterocycles. The molecular formula is C14H20N6O. The van der Waals surface area contributed by atoms with Gasteiger partial charge in [0, 0.05) is 18.7 Å². The molecule has 0 saturated heterocycles. The molecule has 0 spiro atoms. The van der Waals surface area contributed by atoms with Gasteiger partial charge in [-0.25, -0.2) is 9.98 Å². The van der Waals surface area contributed by atoms with E-state index in [9.17, 15) is 0 Å². The molecule has 4 N–H and O–H groups in total. The van der Waals surface area contributed by atoms with Crippen molar-refractivity contribution >= 4 is 5.96 Å². The highest BCUT2D eigenvalue weighted by Crippen LogP contribution is 2.15. The van der Waals surface area contributed by atoms with E-state index >= 15 is 0 Å². The van der Waals surface area contributed by atoms with Crippen molar-refractivity contribution in [3.63, 3.8) is 0 Å². The van der Waals surface area contributed by atoms with Crippen LogP contribution in [-0.4, -0.2) is 40.9 Å². The second-order valence-corrected chi connectivity index (χ2v) is 4.74. The number of rotatable bonds is 6. The lowest BCUT2D eigenvalue weighted by molar-refractivity contribution is 0.179. The van der Waals surface area contributed by atoms with Crippen LogP contribution in [-0.2, 0) is 11.3 Å². The fourth-order valence-electron chi connectivity index (χ4n) is 1.93. The van der Waals surface area contributed by atoms with Crippen LogP contribution in [0.5, 0.6) is 0 Å². The van der Waals surface area contributed by atoms with Crippen LogP contribution >= 0.6 is 0 Å². The number of hydrogen-bond acceptors (Lipinski definition) is 4. The number of aromatic nitrogens is 3. The Hall–Kier alpha value is -2.41. The topological polar surface area (TPSA) is 101 Å². The van der Waals surface area contributed by atoms with Gasteiger partial charge in [0.05, 0.1) is 13.2 Å². The van der Waals surface area contributed by atoms with Crippen LogP contribution in [0.2, 0.25) is 0 Å². The van der Waals surface area contributed by atoms with E-state index in [4.69, 9.17) is 10.5 Å². The summed E-state index contributed by atoms with van der Waals surface area (Å²) < 4.78 is 5.03. The number of nitrogens with two attached hydrogens (primary N) is 1. The number of H-pyrrole nitrogens is 1. The Labute approximate surface area is 123 Å². The highest BCUT2D eigenvalue weighted by atomic mass is 16.5. The summed E-state index contributed by atoms with van der Waals surface area (Å²) in [5.74, 6) is 1.14. The molecule has 0 fully saturated rings. The Morgan fingerprint density at radius 1 is 1.52 bits per heavy atom. The first-order chi connectivity index (χ1) is 10.2. The Balaban J connectivity index is 1.98. The average molecular weight is 288 g/mol. The number of nitrogens with zero attached hydrogens (tertiary/aromatic N) is 3. The van der Waals surface area contributed by atoms with E-state index < -0.39 is 0 Å². The standard InChI is InChI=1S/C14H20N6O/c1-10(8-21-2)19-14(15)16-7-11-4-3-5-12(6-11)13-17-9-18-20-13/h3-6,9-10H,7-8H2,1-2H3,(H3,15,16,19)(H,17,18,20). The third kappa shape index (κ3) is 4.57. The van der Waals surface area contributed by atoms with Crippen LogP contribution in [0.4, 0.5) is 0 Å². The molecule has 0 amide bonds. The second kappa shape index (κ2) is 7.39. The minimum Gasteiger partial charge on any atom is -0.383 e. The van der Waals surface area contributed by atoms with Gasteiger partial charge in [-0.3, -0.25) is 5.10 Å². The summed E-state index contributed by atoms with van der Waals surface area (Å²) >= 11 is 0. The molecule has 21 heavy (non-hydrogen) atoms. The van der Waals surface area contributed by atoms with Crippen molar-refractivity contribution in [2.75, 3.05) is 13.7 Å². The van der Waals surface area contributed by atoms with E-state index in [1.54, 1.807) is 7.11 Å². The molecular weight excluding hydrogens is 268 g/mol. The first kappa shape index (κ1) is 15.0. The predicted molar refractivity (Wildman–Crippen MR) is 81.6 cm³/mol. The van der Waals surface area contributed by atoms with Gasteiger partial charge in [0.15, 0.2) is 11.8 Å². The largest absolute Gasteiger partial charge is 0.383 e. The minimum atomic E-state index is 0.124. The number of ether oxygens (including phenoxy) is 1. The summed E-state index contributed by atoms with van der Waals surface area (Å²) in [5, 5.41) is 9.75. The van der Waals surface area contributed by atoms with E-state index in [1.165, 1.54) is 6.33 Å². The Morgan fingerprint density at radius 3 is 3.10 bits per heavy atom. The summed E-state index contributed by atoms with van der Waals surface area (Å²) in [6.45, 7) is 3.06. The van der Waals surface area contributed by atoms with Gasteiger partial charge in [0.2, 0.25) is 0 Å². The maximum atomic E-state index is 5.84. The second-order valence-electron chi connectivity index (χ2n) is 4.74. The predicted octanol–water partition coefficient (Wildman–Crippen LogP) is 0.911. The minimum absolute atomic E-state index is 0.124. The van der Waals surface area contributed by atoms with E-state index in [2.05, 4.69) is 25.5 Å². The third-order valence-electron chi connectivity index (χ3n) is 2.86. The molecule has 0 aliphatic rings. The highest BCUT2D eigenvalue weighted by molar-refractivity contribution is 5.78. The molecule has 112 valence electrons.